The molecule has 2 aliphatic rings. The smallest absolute Gasteiger partial charge is 0.305 e. The van der Waals surface area contributed by atoms with Gasteiger partial charge < -0.3 is 24.8 Å². The first-order chi connectivity index (χ1) is 13.9. The van der Waals surface area contributed by atoms with Gasteiger partial charge in [-0.05, 0) is 57.4 Å². The van der Waals surface area contributed by atoms with E-state index in [0.29, 0.717) is 11.8 Å². The number of carboxylic acid groups (broad SMARTS) is 1. The van der Waals surface area contributed by atoms with E-state index < -0.39 is 18.2 Å². The topological polar surface area (TPSA) is 99.5 Å². The van der Waals surface area contributed by atoms with E-state index >= 15 is 0 Å². The summed E-state index contributed by atoms with van der Waals surface area (Å²) in [6, 6.07) is 0. The van der Waals surface area contributed by atoms with E-state index in [1.54, 1.807) is 6.92 Å². The molecule has 0 aromatic carbocycles. The van der Waals surface area contributed by atoms with Crippen LogP contribution in [0, 0.1) is 17.8 Å². The van der Waals surface area contributed by atoms with Crippen molar-refractivity contribution in [1.82, 2.24) is 0 Å². The van der Waals surface area contributed by atoms with Gasteiger partial charge in [0.1, 0.15) is 0 Å². The molecule has 0 saturated carbocycles. The van der Waals surface area contributed by atoms with Crippen LogP contribution in [0.1, 0.15) is 67.2 Å². The van der Waals surface area contributed by atoms with Crippen LogP contribution in [0.4, 0.5) is 0 Å². The lowest BCUT2D eigenvalue weighted by Crippen LogP contribution is -2.35. The molecular weight excluding hydrogens is 384 g/mol. The van der Waals surface area contributed by atoms with Gasteiger partial charge >= 0.3 is 5.97 Å². The van der Waals surface area contributed by atoms with Crippen LogP contribution in [0.25, 0.3) is 0 Å². The summed E-state index contributed by atoms with van der Waals surface area (Å²) < 4.78 is 12.0. The van der Waals surface area contributed by atoms with Crippen LogP contribution < -0.4 is 0 Å². The van der Waals surface area contributed by atoms with Crippen molar-refractivity contribution in [2.75, 3.05) is 0 Å². The van der Waals surface area contributed by atoms with Gasteiger partial charge in [0.25, 0.3) is 0 Å². The maximum Gasteiger partial charge on any atom is 0.305 e. The molecule has 6 heteroatoms. The van der Waals surface area contributed by atoms with Gasteiger partial charge in [-0.2, -0.15) is 0 Å². The first kappa shape index (κ1) is 25.1. The highest BCUT2D eigenvalue weighted by molar-refractivity contribution is 5.67. The molecule has 2 fully saturated rings. The molecular formula is C24H40O6. The molecule has 172 valence electrons. The number of hydrogen-bond acceptors (Lipinski definition) is 5. The van der Waals surface area contributed by atoms with Crippen molar-refractivity contribution in [3.8, 4) is 0 Å². The number of rotatable bonds is 10. The van der Waals surface area contributed by atoms with Gasteiger partial charge in [-0.15, -0.1) is 0 Å². The Morgan fingerprint density at radius 2 is 1.90 bits per heavy atom. The average molecular weight is 425 g/mol. The molecule has 0 radical (unpaired) electrons. The molecule has 0 aromatic heterocycles. The third kappa shape index (κ3) is 6.64. The summed E-state index contributed by atoms with van der Waals surface area (Å²) in [6.45, 7) is 11.9. The zero-order valence-corrected chi connectivity index (χ0v) is 19.2. The van der Waals surface area contributed by atoms with Gasteiger partial charge in [-0.25, -0.2) is 0 Å². The number of aliphatic hydroxyl groups is 2. The predicted molar refractivity (Wildman–Crippen MR) is 116 cm³/mol. The molecule has 0 amide bonds. The van der Waals surface area contributed by atoms with Gasteiger partial charge in [0.2, 0.25) is 0 Å². The molecule has 2 aliphatic heterocycles. The summed E-state index contributed by atoms with van der Waals surface area (Å²) in [5.41, 5.74) is 0.838. The Bertz CT molecular complexity index is 642. The Morgan fingerprint density at radius 1 is 1.23 bits per heavy atom. The summed E-state index contributed by atoms with van der Waals surface area (Å²) in [5, 5.41) is 28.7. The lowest BCUT2D eigenvalue weighted by atomic mass is 9.86. The Morgan fingerprint density at radius 3 is 2.50 bits per heavy atom. The largest absolute Gasteiger partial charge is 0.481 e. The zero-order valence-electron chi connectivity index (χ0n) is 19.2. The molecule has 0 spiro atoms. The molecule has 30 heavy (non-hydrogen) atoms. The molecule has 3 N–H and O–H groups in total. The van der Waals surface area contributed by atoms with Gasteiger partial charge in [0.15, 0.2) is 0 Å². The number of aliphatic hydroxyl groups excluding tert-OH is 2. The number of allylic oxidation sites excluding steroid dienone is 3. The predicted octanol–water partition coefficient (Wildman–Crippen LogP) is 3.71. The van der Waals surface area contributed by atoms with Crippen molar-refractivity contribution in [2.45, 2.75) is 103 Å². The lowest BCUT2D eigenvalue weighted by Gasteiger charge is -2.35. The van der Waals surface area contributed by atoms with Crippen LogP contribution >= 0.6 is 0 Å². The van der Waals surface area contributed by atoms with E-state index in [2.05, 4.69) is 32.9 Å². The molecule has 6 nitrogen and oxygen atoms in total. The van der Waals surface area contributed by atoms with E-state index in [1.807, 2.05) is 19.9 Å². The van der Waals surface area contributed by atoms with E-state index in [0.717, 1.165) is 24.8 Å². The minimum atomic E-state index is -0.812. The van der Waals surface area contributed by atoms with Crippen LogP contribution in [0.15, 0.2) is 23.8 Å². The van der Waals surface area contributed by atoms with Crippen LogP contribution in [0.5, 0.6) is 0 Å². The second-order valence-corrected chi connectivity index (χ2v) is 9.75. The first-order valence-electron chi connectivity index (χ1n) is 11.2. The summed E-state index contributed by atoms with van der Waals surface area (Å²) >= 11 is 0. The highest BCUT2D eigenvalue weighted by Gasteiger charge is 2.56. The van der Waals surface area contributed by atoms with Crippen molar-refractivity contribution in [1.29, 1.82) is 0 Å². The Balaban J connectivity index is 1.88. The molecule has 2 rings (SSSR count). The molecule has 9 unspecified atom stereocenters. The lowest BCUT2D eigenvalue weighted by molar-refractivity contribution is -0.143. The van der Waals surface area contributed by atoms with Crippen molar-refractivity contribution < 1.29 is 29.6 Å². The van der Waals surface area contributed by atoms with Crippen LogP contribution in [-0.4, -0.2) is 57.4 Å². The summed E-state index contributed by atoms with van der Waals surface area (Å²) in [5.74, 6) is -0.257. The van der Waals surface area contributed by atoms with E-state index in [4.69, 9.17) is 14.6 Å². The number of epoxide rings is 1. The SMILES string of the molecule is C/C(=C\C=C\C(C)CC1(C)OC1C(C)C(O)C(C)O)C1OC(CC(=O)O)CCC1C. The zero-order chi connectivity index (χ0) is 22.6. The molecule has 0 aromatic rings. The normalized spacial score (nSPS) is 36.3. The van der Waals surface area contributed by atoms with Gasteiger partial charge in [0.05, 0.1) is 42.5 Å². The van der Waals surface area contributed by atoms with Gasteiger partial charge in [-0.1, -0.05) is 39.0 Å². The fourth-order valence-electron chi connectivity index (χ4n) is 4.81. The molecule has 2 heterocycles. The first-order valence-corrected chi connectivity index (χ1v) is 11.2. The van der Waals surface area contributed by atoms with Crippen LogP contribution in [0.3, 0.4) is 0 Å². The van der Waals surface area contributed by atoms with Crippen LogP contribution in [0.2, 0.25) is 0 Å². The van der Waals surface area contributed by atoms with Crippen molar-refractivity contribution in [3.63, 3.8) is 0 Å². The second-order valence-electron chi connectivity index (χ2n) is 9.75. The highest BCUT2D eigenvalue weighted by Crippen LogP contribution is 2.47. The summed E-state index contributed by atoms with van der Waals surface area (Å²) in [4.78, 5) is 11.0. The van der Waals surface area contributed by atoms with E-state index in [9.17, 15) is 15.0 Å². The van der Waals surface area contributed by atoms with Gasteiger partial charge in [-0.3, -0.25) is 4.79 Å². The molecule has 0 aliphatic carbocycles. The van der Waals surface area contributed by atoms with E-state index in [-0.39, 0.29) is 36.3 Å². The number of hydrogen-bond donors (Lipinski definition) is 3. The van der Waals surface area contributed by atoms with E-state index in [1.165, 1.54) is 0 Å². The third-order valence-electron chi connectivity index (χ3n) is 6.63. The molecule has 0 bridgehead atoms. The number of aliphatic carboxylic acids is 1. The van der Waals surface area contributed by atoms with Crippen molar-refractivity contribution in [2.24, 2.45) is 17.8 Å². The Labute approximate surface area is 181 Å². The summed E-state index contributed by atoms with van der Waals surface area (Å²) in [7, 11) is 0. The minimum absolute atomic E-state index is 0.0421. The Hall–Kier alpha value is -1.21. The van der Waals surface area contributed by atoms with Crippen molar-refractivity contribution in [3.05, 3.63) is 23.8 Å². The summed E-state index contributed by atoms with van der Waals surface area (Å²) in [6.07, 6.45) is 7.09. The standard InChI is InChI=1S/C24H40O6/c1-14(13-24(6)23(30-24)17(4)21(28)18(5)25)8-7-9-15(2)22-16(3)10-11-19(29-22)12-20(26)27/h7-9,14,16-19,21-23,25,28H,10-13H2,1-6H3,(H,26,27)/b8-7+,15-9+. The second kappa shape index (κ2) is 10.4. The fourth-order valence-corrected chi connectivity index (χ4v) is 4.81. The van der Waals surface area contributed by atoms with Crippen molar-refractivity contribution >= 4 is 5.97 Å². The molecule has 2 saturated heterocycles. The number of carbonyl (C=O) groups is 1. The quantitative estimate of drug-likeness (QED) is 0.365. The van der Waals surface area contributed by atoms with Gasteiger partial charge in [0, 0.05) is 5.92 Å². The third-order valence-corrected chi connectivity index (χ3v) is 6.63. The number of ether oxygens (including phenoxy) is 2. The minimum Gasteiger partial charge on any atom is -0.481 e. The maximum absolute atomic E-state index is 11.0. The monoisotopic (exact) mass is 424 g/mol. The number of carboxylic acids is 1. The van der Waals surface area contributed by atoms with Crippen LogP contribution in [-0.2, 0) is 14.3 Å². The fraction of sp³-hybridized carbons (Fsp3) is 0.792. The molecule has 9 atom stereocenters. The highest BCUT2D eigenvalue weighted by atomic mass is 16.6. The average Bonchev–Trinajstić information content (AvgIpc) is 3.31. The maximum atomic E-state index is 11.0. The Kier molecular flexibility index (Phi) is 8.69.